The van der Waals surface area contributed by atoms with E-state index in [0.29, 0.717) is 12.0 Å². The molecule has 0 aromatic heterocycles. The van der Waals surface area contributed by atoms with Gasteiger partial charge in [0, 0.05) is 0 Å². The second kappa shape index (κ2) is 7.03. The monoisotopic (exact) mass is 282 g/mol. The minimum Gasteiger partial charge on any atom is -0.481 e. The molecule has 0 radical (unpaired) electrons. The van der Waals surface area contributed by atoms with Crippen molar-refractivity contribution in [2.24, 2.45) is 5.92 Å². The van der Waals surface area contributed by atoms with E-state index in [2.05, 4.69) is 0 Å². The first-order valence-corrected chi connectivity index (χ1v) is 6.54. The Kier molecular flexibility index (Phi) is 5.67. The van der Waals surface area contributed by atoms with Crippen LogP contribution in [0.15, 0.2) is 18.2 Å². The summed E-state index contributed by atoms with van der Waals surface area (Å²) in [6, 6.07) is 4.70. The maximum atomic E-state index is 13.9. The summed E-state index contributed by atoms with van der Waals surface area (Å²) in [5.41, 5.74) is 0.625. The zero-order chi connectivity index (χ0) is 15.3. The van der Waals surface area contributed by atoms with Crippen LogP contribution in [0.4, 0.5) is 4.39 Å². The van der Waals surface area contributed by atoms with Crippen LogP contribution in [-0.2, 0) is 20.7 Å². The van der Waals surface area contributed by atoms with E-state index < -0.39 is 23.7 Å². The molecule has 1 aromatic carbocycles. The summed E-state index contributed by atoms with van der Waals surface area (Å²) >= 11 is 0. The van der Waals surface area contributed by atoms with Gasteiger partial charge in [0.1, 0.15) is 5.82 Å². The number of hydrogen-bond acceptors (Lipinski definition) is 3. The van der Waals surface area contributed by atoms with Crippen LogP contribution >= 0.6 is 0 Å². The fraction of sp³-hybridized carbons (Fsp3) is 0.467. The highest BCUT2D eigenvalue weighted by molar-refractivity contribution is 5.94. The molecule has 2 atom stereocenters. The number of ether oxygens (including phenoxy) is 1. The molecule has 0 amide bonds. The summed E-state index contributed by atoms with van der Waals surface area (Å²) in [4.78, 5) is 23.0. The molecule has 1 rings (SSSR count). The number of carbonyl (C=O) groups is 2. The molecule has 0 saturated heterocycles. The topological polar surface area (TPSA) is 63.6 Å². The third-order valence-electron chi connectivity index (χ3n) is 3.17. The summed E-state index contributed by atoms with van der Waals surface area (Å²) in [6.45, 7) is 5.10. The Morgan fingerprint density at radius 3 is 2.60 bits per heavy atom. The van der Waals surface area contributed by atoms with Gasteiger partial charge in [-0.05, 0) is 37.8 Å². The first-order chi connectivity index (χ1) is 9.36. The number of carboxylic acid groups (broad SMARTS) is 1. The van der Waals surface area contributed by atoms with Crippen molar-refractivity contribution in [2.75, 3.05) is 0 Å². The molecular formula is C15H19FO4. The molecule has 110 valence electrons. The fourth-order valence-corrected chi connectivity index (χ4v) is 1.72. The standard InChI is InChI=1S/C15H19FO4/c1-4-10(3)20-15(19)12(14(17)18)8-11-7-5-6-9(2)13(11)16/h5-7,10,12H,4,8H2,1-3H3,(H,17,18). The molecule has 0 bridgehead atoms. The summed E-state index contributed by atoms with van der Waals surface area (Å²) in [5, 5.41) is 9.13. The summed E-state index contributed by atoms with van der Waals surface area (Å²) in [7, 11) is 0. The number of carbonyl (C=O) groups excluding carboxylic acids is 1. The van der Waals surface area contributed by atoms with E-state index in [4.69, 9.17) is 9.84 Å². The molecule has 0 aliphatic carbocycles. The number of rotatable bonds is 6. The number of esters is 1. The minimum absolute atomic E-state index is 0.207. The number of benzene rings is 1. The highest BCUT2D eigenvalue weighted by Gasteiger charge is 2.30. The smallest absolute Gasteiger partial charge is 0.320 e. The van der Waals surface area contributed by atoms with Crippen molar-refractivity contribution in [1.29, 1.82) is 0 Å². The Labute approximate surface area is 117 Å². The Balaban J connectivity index is 2.90. The fourth-order valence-electron chi connectivity index (χ4n) is 1.72. The average Bonchev–Trinajstić information content (AvgIpc) is 2.39. The normalized spacial score (nSPS) is 13.6. The second-order valence-corrected chi connectivity index (χ2v) is 4.80. The molecule has 0 fully saturated rings. The predicted molar refractivity (Wildman–Crippen MR) is 71.8 cm³/mol. The van der Waals surface area contributed by atoms with Gasteiger partial charge in [-0.1, -0.05) is 25.1 Å². The van der Waals surface area contributed by atoms with E-state index in [-0.39, 0.29) is 18.1 Å². The van der Waals surface area contributed by atoms with Crippen LogP contribution in [0, 0.1) is 18.7 Å². The van der Waals surface area contributed by atoms with Crippen molar-refractivity contribution in [1.82, 2.24) is 0 Å². The summed E-state index contributed by atoms with van der Waals surface area (Å²) < 4.78 is 18.9. The second-order valence-electron chi connectivity index (χ2n) is 4.80. The average molecular weight is 282 g/mol. The highest BCUT2D eigenvalue weighted by Crippen LogP contribution is 2.18. The SMILES string of the molecule is CCC(C)OC(=O)C(Cc1cccc(C)c1F)C(=O)O. The van der Waals surface area contributed by atoms with Crippen LogP contribution in [0.1, 0.15) is 31.4 Å². The largest absolute Gasteiger partial charge is 0.481 e. The zero-order valence-electron chi connectivity index (χ0n) is 11.9. The molecule has 2 unspecified atom stereocenters. The predicted octanol–water partition coefficient (Wildman–Crippen LogP) is 2.72. The van der Waals surface area contributed by atoms with Gasteiger partial charge in [0.2, 0.25) is 0 Å². The van der Waals surface area contributed by atoms with Gasteiger partial charge in [0.25, 0.3) is 0 Å². The van der Waals surface area contributed by atoms with Crippen molar-refractivity contribution in [3.05, 3.63) is 35.1 Å². The van der Waals surface area contributed by atoms with Gasteiger partial charge >= 0.3 is 11.9 Å². The quantitative estimate of drug-likeness (QED) is 0.643. The van der Waals surface area contributed by atoms with Crippen LogP contribution in [0.5, 0.6) is 0 Å². The number of halogens is 1. The van der Waals surface area contributed by atoms with Crippen LogP contribution in [-0.4, -0.2) is 23.1 Å². The van der Waals surface area contributed by atoms with Gasteiger partial charge in [-0.15, -0.1) is 0 Å². The van der Waals surface area contributed by atoms with E-state index in [0.717, 1.165) is 0 Å². The lowest BCUT2D eigenvalue weighted by Gasteiger charge is -2.16. The lowest BCUT2D eigenvalue weighted by Crippen LogP contribution is -2.30. The molecule has 0 saturated carbocycles. The third kappa shape index (κ3) is 4.05. The highest BCUT2D eigenvalue weighted by atomic mass is 19.1. The molecule has 20 heavy (non-hydrogen) atoms. The first kappa shape index (κ1) is 16.1. The van der Waals surface area contributed by atoms with Crippen LogP contribution in [0.3, 0.4) is 0 Å². The van der Waals surface area contributed by atoms with Gasteiger partial charge in [0.05, 0.1) is 6.10 Å². The number of carboxylic acids is 1. The maximum Gasteiger partial charge on any atom is 0.320 e. The lowest BCUT2D eigenvalue weighted by atomic mass is 9.97. The molecule has 0 aliphatic rings. The van der Waals surface area contributed by atoms with E-state index in [1.165, 1.54) is 6.07 Å². The van der Waals surface area contributed by atoms with Crippen molar-refractivity contribution in [3.63, 3.8) is 0 Å². The molecule has 5 heteroatoms. The molecule has 1 N–H and O–H groups in total. The number of aliphatic carboxylic acids is 1. The Morgan fingerprint density at radius 1 is 1.40 bits per heavy atom. The summed E-state index contributed by atoms with van der Waals surface area (Å²) in [6.07, 6.45) is 0.0290. The van der Waals surface area contributed by atoms with Crippen molar-refractivity contribution in [3.8, 4) is 0 Å². The van der Waals surface area contributed by atoms with Crippen molar-refractivity contribution in [2.45, 2.75) is 39.7 Å². The summed E-state index contributed by atoms with van der Waals surface area (Å²) in [5.74, 6) is -4.00. The maximum absolute atomic E-state index is 13.9. The van der Waals surface area contributed by atoms with Crippen LogP contribution in [0.2, 0.25) is 0 Å². The minimum atomic E-state index is -1.39. The van der Waals surface area contributed by atoms with Crippen LogP contribution in [0.25, 0.3) is 0 Å². The molecule has 0 spiro atoms. The molecule has 0 aliphatic heterocycles. The first-order valence-electron chi connectivity index (χ1n) is 6.54. The zero-order valence-corrected chi connectivity index (χ0v) is 11.9. The molecule has 4 nitrogen and oxygen atoms in total. The molecule has 0 heterocycles. The number of aryl methyl sites for hydroxylation is 1. The van der Waals surface area contributed by atoms with Crippen molar-refractivity contribution < 1.29 is 23.8 Å². The molecule has 1 aromatic rings. The van der Waals surface area contributed by atoms with Gasteiger partial charge in [-0.2, -0.15) is 0 Å². The number of hydrogen-bond donors (Lipinski definition) is 1. The third-order valence-corrected chi connectivity index (χ3v) is 3.17. The Hall–Kier alpha value is -1.91. The van der Waals surface area contributed by atoms with Gasteiger partial charge < -0.3 is 9.84 Å². The van der Waals surface area contributed by atoms with Gasteiger partial charge in [0.15, 0.2) is 5.92 Å². The Morgan fingerprint density at radius 2 is 2.05 bits per heavy atom. The van der Waals surface area contributed by atoms with E-state index in [9.17, 15) is 14.0 Å². The lowest BCUT2D eigenvalue weighted by molar-refractivity contribution is -0.161. The Bertz CT molecular complexity index is 499. The van der Waals surface area contributed by atoms with E-state index in [1.807, 2.05) is 6.92 Å². The van der Waals surface area contributed by atoms with Crippen molar-refractivity contribution >= 4 is 11.9 Å². The van der Waals surface area contributed by atoms with E-state index >= 15 is 0 Å². The van der Waals surface area contributed by atoms with E-state index in [1.54, 1.807) is 26.0 Å². The van der Waals surface area contributed by atoms with Crippen LogP contribution < -0.4 is 0 Å². The van der Waals surface area contributed by atoms with Gasteiger partial charge in [-0.3, -0.25) is 9.59 Å². The van der Waals surface area contributed by atoms with Gasteiger partial charge in [-0.25, -0.2) is 4.39 Å². The molecular weight excluding hydrogens is 263 g/mol.